The van der Waals surface area contributed by atoms with Gasteiger partial charge in [-0.3, -0.25) is 4.79 Å². The smallest absolute Gasteiger partial charge is 0.244 e. The summed E-state index contributed by atoms with van der Waals surface area (Å²) in [4.78, 5) is 24.1. The highest BCUT2D eigenvalue weighted by molar-refractivity contribution is 5.77. The average molecular weight is 448 g/mol. The Labute approximate surface area is 189 Å². The van der Waals surface area contributed by atoms with E-state index in [1.54, 1.807) is 29.2 Å². The van der Waals surface area contributed by atoms with Crippen LogP contribution in [0, 0.1) is 18.6 Å². The number of carbonyl (C=O) groups is 1. The summed E-state index contributed by atoms with van der Waals surface area (Å²) in [6.07, 6.45) is 2.69. The Morgan fingerprint density at radius 3 is 2.27 bits per heavy atom. The normalized spacial score (nSPS) is 13.6. The van der Waals surface area contributed by atoms with Gasteiger partial charge in [0.2, 0.25) is 5.91 Å². The predicted molar refractivity (Wildman–Crippen MR) is 118 cm³/mol. The van der Waals surface area contributed by atoms with Crippen LogP contribution in [0.4, 0.5) is 8.78 Å². The second kappa shape index (κ2) is 8.57. The lowest BCUT2D eigenvalue weighted by Gasteiger charge is -2.20. The summed E-state index contributed by atoms with van der Waals surface area (Å²) in [5.74, 6) is 0.987. The molecule has 0 saturated carbocycles. The summed E-state index contributed by atoms with van der Waals surface area (Å²) < 4.78 is 30.4. The van der Waals surface area contributed by atoms with E-state index in [0.717, 1.165) is 11.5 Å². The first-order valence-electron chi connectivity index (χ1n) is 10.7. The molecule has 0 N–H and O–H groups in total. The lowest BCUT2D eigenvalue weighted by Crippen LogP contribution is -2.36. The van der Waals surface area contributed by atoms with Crippen LogP contribution in [0.2, 0.25) is 0 Å². The number of amides is 1. The molecule has 0 saturated heterocycles. The molecule has 2 aromatic carbocycles. The quantitative estimate of drug-likeness (QED) is 0.479. The van der Waals surface area contributed by atoms with Crippen LogP contribution >= 0.6 is 0 Å². The molecule has 0 unspecified atom stereocenters. The summed E-state index contributed by atoms with van der Waals surface area (Å²) in [6, 6.07) is 11.7. The van der Waals surface area contributed by atoms with Crippen LogP contribution in [0.15, 0.2) is 54.7 Å². The van der Waals surface area contributed by atoms with E-state index >= 15 is 0 Å². The molecular formula is C24H22F2N6O. The number of hydrogen-bond acceptors (Lipinski definition) is 4. The molecule has 5 rings (SSSR count). The Kier molecular flexibility index (Phi) is 5.45. The number of hydrogen-bond donors (Lipinski definition) is 0. The fourth-order valence-corrected chi connectivity index (χ4v) is 4.03. The SMILES string of the molecule is Cc1cn2c(n1)CCN(C(=O)Cn1nc(-c3ccc(F)cc3)nc1-c1ccc(F)cc1)CC2. The van der Waals surface area contributed by atoms with E-state index in [4.69, 9.17) is 0 Å². The Morgan fingerprint density at radius 1 is 0.909 bits per heavy atom. The van der Waals surface area contributed by atoms with Crippen molar-refractivity contribution < 1.29 is 13.6 Å². The average Bonchev–Trinajstić information content (AvgIpc) is 3.32. The summed E-state index contributed by atoms with van der Waals surface area (Å²) in [5.41, 5.74) is 2.24. The second-order valence-corrected chi connectivity index (χ2v) is 8.05. The van der Waals surface area contributed by atoms with Crippen molar-refractivity contribution in [3.63, 3.8) is 0 Å². The molecular weight excluding hydrogens is 426 g/mol. The number of nitrogens with zero attached hydrogens (tertiary/aromatic N) is 6. The molecule has 1 aliphatic heterocycles. The molecule has 0 spiro atoms. The topological polar surface area (TPSA) is 68.8 Å². The molecule has 0 atom stereocenters. The molecule has 0 radical (unpaired) electrons. The number of imidazole rings is 1. The van der Waals surface area contributed by atoms with Crippen molar-refractivity contribution >= 4 is 5.91 Å². The molecule has 3 heterocycles. The molecule has 0 bridgehead atoms. The minimum Gasteiger partial charge on any atom is -0.339 e. The van der Waals surface area contributed by atoms with Crippen molar-refractivity contribution in [1.29, 1.82) is 0 Å². The third-order valence-electron chi connectivity index (χ3n) is 5.71. The van der Waals surface area contributed by atoms with E-state index in [-0.39, 0.29) is 24.1 Å². The predicted octanol–water partition coefficient (Wildman–Crippen LogP) is 3.48. The second-order valence-electron chi connectivity index (χ2n) is 8.05. The van der Waals surface area contributed by atoms with Gasteiger partial charge in [0.1, 0.15) is 24.0 Å². The molecule has 168 valence electrons. The van der Waals surface area contributed by atoms with E-state index in [0.29, 0.717) is 48.8 Å². The number of rotatable bonds is 4. The molecule has 0 fully saturated rings. The van der Waals surface area contributed by atoms with Gasteiger partial charge in [-0.2, -0.15) is 0 Å². The van der Waals surface area contributed by atoms with Gasteiger partial charge in [-0.15, -0.1) is 5.10 Å². The Balaban J connectivity index is 1.42. The first-order chi connectivity index (χ1) is 16.0. The number of carbonyl (C=O) groups excluding carboxylic acids is 1. The van der Waals surface area contributed by atoms with Crippen LogP contribution in [0.3, 0.4) is 0 Å². The van der Waals surface area contributed by atoms with Crippen molar-refractivity contribution in [2.75, 3.05) is 13.1 Å². The van der Waals surface area contributed by atoms with Crippen LogP contribution in [0.25, 0.3) is 22.8 Å². The molecule has 33 heavy (non-hydrogen) atoms. The highest BCUT2D eigenvalue weighted by Crippen LogP contribution is 2.23. The van der Waals surface area contributed by atoms with Crippen molar-refractivity contribution in [3.8, 4) is 22.8 Å². The zero-order valence-electron chi connectivity index (χ0n) is 18.1. The molecule has 2 aromatic heterocycles. The van der Waals surface area contributed by atoms with Crippen LogP contribution in [0.1, 0.15) is 11.5 Å². The number of halogens is 2. The van der Waals surface area contributed by atoms with Crippen LogP contribution < -0.4 is 0 Å². The first kappa shape index (κ1) is 21.0. The number of aryl methyl sites for hydroxylation is 1. The maximum Gasteiger partial charge on any atom is 0.244 e. The van der Waals surface area contributed by atoms with Crippen LogP contribution in [0.5, 0.6) is 0 Å². The highest BCUT2D eigenvalue weighted by atomic mass is 19.1. The van der Waals surface area contributed by atoms with Gasteiger partial charge >= 0.3 is 0 Å². The number of benzene rings is 2. The van der Waals surface area contributed by atoms with E-state index < -0.39 is 0 Å². The van der Waals surface area contributed by atoms with Gasteiger partial charge in [-0.25, -0.2) is 23.4 Å². The van der Waals surface area contributed by atoms with Crippen molar-refractivity contribution in [3.05, 3.63) is 77.9 Å². The van der Waals surface area contributed by atoms with Crippen molar-refractivity contribution in [1.82, 2.24) is 29.2 Å². The summed E-state index contributed by atoms with van der Waals surface area (Å²) in [5, 5.41) is 4.53. The molecule has 0 aliphatic carbocycles. The Morgan fingerprint density at radius 2 is 1.58 bits per heavy atom. The van der Waals surface area contributed by atoms with Crippen molar-refractivity contribution in [2.45, 2.75) is 26.4 Å². The zero-order chi connectivity index (χ0) is 22.9. The maximum absolute atomic E-state index is 13.5. The lowest BCUT2D eigenvalue weighted by molar-refractivity contribution is -0.132. The fraction of sp³-hybridized carbons (Fsp3) is 0.250. The standard InChI is InChI=1S/C24H22F2N6O/c1-16-14-31-13-12-30(11-10-21(31)27-16)22(33)15-32-24(18-4-8-20(26)9-5-18)28-23(29-32)17-2-6-19(25)7-3-17/h2-9,14H,10-13,15H2,1H3. The van der Waals surface area contributed by atoms with Gasteiger partial charge in [0.15, 0.2) is 11.6 Å². The Hall–Kier alpha value is -3.88. The number of aromatic nitrogens is 5. The summed E-state index contributed by atoms with van der Waals surface area (Å²) in [6.45, 7) is 3.78. The number of fused-ring (bicyclic) bond motifs is 1. The van der Waals surface area contributed by atoms with Gasteiger partial charge in [0.05, 0.1) is 5.69 Å². The van der Waals surface area contributed by atoms with Gasteiger partial charge in [-0.1, -0.05) is 0 Å². The summed E-state index contributed by atoms with van der Waals surface area (Å²) in [7, 11) is 0. The van der Waals surface area contributed by atoms with Gasteiger partial charge in [0.25, 0.3) is 0 Å². The molecule has 7 nitrogen and oxygen atoms in total. The third kappa shape index (κ3) is 4.39. The Bertz CT molecular complexity index is 1270. The van der Waals surface area contributed by atoms with Gasteiger partial charge in [0, 0.05) is 43.4 Å². The van der Waals surface area contributed by atoms with Gasteiger partial charge in [-0.05, 0) is 55.5 Å². The molecule has 1 amide bonds. The van der Waals surface area contributed by atoms with E-state index in [1.165, 1.54) is 28.9 Å². The highest BCUT2D eigenvalue weighted by Gasteiger charge is 2.22. The molecule has 9 heteroatoms. The first-order valence-corrected chi connectivity index (χ1v) is 10.7. The van der Waals surface area contributed by atoms with Crippen molar-refractivity contribution in [2.24, 2.45) is 0 Å². The minimum absolute atomic E-state index is 0.0117. The maximum atomic E-state index is 13.5. The monoisotopic (exact) mass is 448 g/mol. The molecule has 1 aliphatic rings. The lowest BCUT2D eigenvalue weighted by atomic mass is 10.2. The van der Waals surface area contributed by atoms with E-state index in [1.807, 2.05) is 13.1 Å². The van der Waals surface area contributed by atoms with E-state index in [2.05, 4.69) is 19.6 Å². The summed E-state index contributed by atoms with van der Waals surface area (Å²) >= 11 is 0. The van der Waals surface area contributed by atoms with E-state index in [9.17, 15) is 13.6 Å². The zero-order valence-corrected chi connectivity index (χ0v) is 18.1. The fourth-order valence-electron chi connectivity index (χ4n) is 4.03. The van der Waals surface area contributed by atoms with Gasteiger partial charge < -0.3 is 9.47 Å². The largest absolute Gasteiger partial charge is 0.339 e. The van der Waals surface area contributed by atoms with Crippen LogP contribution in [-0.2, 0) is 24.3 Å². The molecule has 4 aromatic rings. The van der Waals surface area contributed by atoms with Crippen LogP contribution in [-0.4, -0.2) is 48.2 Å². The minimum atomic E-state index is -0.364. The third-order valence-corrected chi connectivity index (χ3v) is 5.71.